The molecule has 3 rings (SSSR count). The van der Waals surface area contributed by atoms with Gasteiger partial charge >= 0.3 is 0 Å². The van der Waals surface area contributed by atoms with Crippen LogP contribution in [-0.4, -0.2) is 21.8 Å². The quantitative estimate of drug-likeness (QED) is 0.807. The summed E-state index contributed by atoms with van der Waals surface area (Å²) < 4.78 is 12.9. The fraction of sp³-hybridized carbons (Fsp3) is 0.294. The molecule has 0 atom stereocenters. The second kappa shape index (κ2) is 5.64. The van der Waals surface area contributed by atoms with E-state index in [4.69, 9.17) is 0 Å². The molecule has 108 valence electrons. The molecule has 4 heteroatoms. The van der Waals surface area contributed by atoms with Gasteiger partial charge in [-0.05, 0) is 37.5 Å². The summed E-state index contributed by atoms with van der Waals surface area (Å²) in [6, 6.07) is 11.2. The summed E-state index contributed by atoms with van der Waals surface area (Å²) >= 11 is 0. The van der Waals surface area contributed by atoms with E-state index in [0.29, 0.717) is 18.2 Å². The molecule has 0 unspecified atom stereocenters. The van der Waals surface area contributed by atoms with Gasteiger partial charge in [-0.2, -0.15) is 4.39 Å². The molecular formula is C17H17FN2O. The summed E-state index contributed by atoms with van der Waals surface area (Å²) in [5.74, 6) is -0.645. The van der Waals surface area contributed by atoms with Gasteiger partial charge in [-0.25, -0.2) is 4.98 Å². The molecule has 0 N–H and O–H groups in total. The summed E-state index contributed by atoms with van der Waals surface area (Å²) in [7, 11) is 0. The van der Waals surface area contributed by atoms with Gasteiger partial charge in [0.15, 0.2) is 0 Å². The highest BCUT2D eigenvalue weighted by molar-refractivity contribution is 5.94. The summed E-state index contributed by atoms with van der Waals surface area (Å²) in [5.41, 5.74) is 2.75. The van der Waals surface area contributed by atoms with Gasteiger partial charge in [-0.3, -0.25) is 4.79 Å². The van der Waals surface area contributed by atoms with E-state index in [1.54, 1.807) is 0 Å². The third kappa shape index (κ3) is 3.27. The lowest BCUT2D eigenvalue weighted by molar-refractivity contribution is 0.0729. The van der Waals surface area contributed by atoms with Crippen LogP contribution in [0.1, 0.15) is 34.3 Å². The van der Waals surface area contributed by atoms with Crippen molar-refractivity contribution in [1.29, 1.82) is 0 Å². The molecule has 1 heterocycles. The maximum absolute atomic E-state index is 12.9. The third-order valence-electron chi connectivity index (χ3n) is 3.70. The van der Waals surface area contributed by atoms with E-state index in [1.807, 2.05) is 36.1 Å². The zero-order valence-corrected chi connectivity index (χ0v) is 11.9. The minimum atomic E-state index is -0.567. The lowest BCUT2D eigenvalue weighted by Gasteiger charge is -2.22. The SMILES string of the molecule is Cc1ccc(CN(C(=O)c2ccc(F)nc2)C2CC2)cc1. The van der Waals surface area contributed by atoms with E-state index < -0.39 is 5.95 Å². The molecular weight excluding hydrogens is 267 g/mol. The molecule has 1 fully saturated rings. The first-order valence-electron chi connectivity index (χ1n) is 7.11. The van der Waals surface area contributed by atoms with Crippen molar-refractivity contribution < 1.29 is 9.18 Å². The van der Waals surface area contributed by atoms with Crippen LogP contribution in [0.5, 0.6) is 0 Å². The second-order valence-electron chi connectivity index (χ2n) is 5.52. The number of carbonyl (C=O) groups excluding carboxylic acids is 1. The van der Waals surface area contributed by atoms with E-state index in [1.165, 1.54) is 23.9 Å². The normalized spacial score (nSPS) is 14.0. The average molecular weight is 284 g/mol. The number of halogens is 1. The zero-order valence-electron chi connectivity index (χ0n) is 11.9. The molecule has 0 spiro atoms. The summed E-state index contributed by atoms with van der Waals surface area (Å²) in [6.45, 7) is 2.62. The van der Waals surface area contributed by atoms with Crippen molar-refractivity contribution in [1.82, 2.24) is 9.88 Å². The van der Waals surface area contributed by atoms with Crippen LogP contribution in [0.15, 0.2) is 42.6 Å². The third-order valence-corrected chi connectivity index (χ3v) is 3.70. The topological polar surface area (TPSA) is 33.2 Å². The molecule has 0 radical (unpaired) electrons. The fourth-order valence-electron chi connectivity index (χ4n) is 2.31. The molecule has 2 aromatic rings. The number of rotatable bonds is 4. The minimum Gasteiger partial charge on any atom is -0.331 e. The van der Waals surface area contributed by atoms with Crippen molar-refractivity contribution in [3.05, 3.63) is 65.2 Å². The fourth-order valence-corrected chi connectivity index (χ4v) is 2.31. The maximum Gasteiger partial charge on any atom is 0.255 e. The van der Waals surface area contributed by atoms with E-state index >= 15 is 0 Å². The van der Waals surface area contributed by atoms with Gasteiger partial charge in [0.2, 0.25) is 5.95 Å². The summed E-state index contributed by atoms with van der Waals surface area (Å²) in [4.78, 5) is 18.0. The number of carbonyl (C=O) groups is 1. The number of pyridine rings is 1. The Bertz CT molecular complexity index is 633. The van der Waals surface area contributed by atoms with Gasteiger partial charge in [-0.1, -0.05) is 29.8 Å². The Hall–Kier alpha value is -2.23. The molecule has 1 aliphatic rings. The van der Waals surface area contributed by atoms with Crippen molar-refractivity contribution in [3.63, 3.8) is 0 Å². The largest absolute Gasteiger partial charge is 0.331 e. The number of hydrogen-bond acceptors (Lipinski definition) is 2. The predicted octanol–water partition coefficient (Wildman–Crippen LogP) is 3.33. The number of aryl methyl sites for hydroxylation is 1. The van der Waals surface area contributed by atoms with Crippen LogP contribution in [0.2, 0.25) is 0 Å². The number of hydrogen-bond donors (Lipinski definition) is 0. The molecule has 1 aromatic carbocycles. The first-order chi connectivity index (χ1) is 10.1. The van der Waals surface area contributed by atoms with Crippen molar-refractivity contribution in [2.24, 2.45) is 0 Å². The van der Waals surface area contributed by atoms with E-state index in [2.05, 4.69) is 4.98 Å². The molecule has 0 aliphatic heterocycles. The Morgan fingerprint density at radius 2 is 1.95 bits per heavy atom. The standard InChI is InChI=1S/C17H17FN2O/c1-12-2-4-13(5-3-12)11-20(15-7-8-15)17(21)14-6-9-16(18)19-10-14/h2-6,9-10,15H,7-8,11H2,1H3. The highest BCUT2D eigenvalue weighted by Crippen LogP contribution is 2.29. The van der Waals surface area contributed by atoms with Crippen LogP contribution in [0.3, 0.4) is 0 Å². The van der Waals surface area contributed by atoms with Gasteiger partial charge in [0.05, 0.1) is 5.56 Å². The Morgan fingerprint density at radius 3 is 2.52 bits per heavy atom. The zero-order chi connectivity index (χ0) is 14.8. The first kappa shape index (κ1) is 13.7. The van der Waals surface area contributed by atoms with Crippen LogP contribution in [0, 0.1) is 12.9 Å². The van der Waals surface area contributed by atoms with Crippen molar-refractivity contribution >= 4 is 5.91 Å². The Kier molecular flexibility index (Phi) is 3.69. The monoisotopic (exact) mass is 284 g/mol. The highest BCUT2D eigenvalue weighted by Gasteiger charge is 2.33. The molecule has 1 amide bonds. The van der Waals surface area contributed by atoms with Crippen LogP contribution in [0.25, 0.3) is 0 Å². The van der Waals surface area contributed by atoms with E-state index in [9.17, 15) is 9.18 Å². The summed E-state index contributed by atoms with van der Waals surface area (Å²) in [6.07, 6.45) is 3.38. The van der Waals surface area contributed by atoms with Crippen LogP contribution < -0.4 is 0 Å². The van der Waals surface area contributed by atoms with Gasteiger partial charge in [0.25, 0.3) is 5.91 Å². The second-order valence-corrected chi connectivity index (χ2v) is 5.52. The van der Waals surface area contributed by atoms with Crippen molar-refractivity contribution in [2.45, 2.75) is 32.4 Å². The average Bonchev–Trinajstić information content (AvgIpc) is 3.31. The molecule has 1 aromatic heterocycles. The molecule has 1 aliphatic carbocycles. The molecule has 1 saturated carbocycles. The maximum atomic E-state index is 12.9. The van der Waals surface area contributed by atoms with Crippen LogP contribution >= 0.6 is 0 Å². The van der Waals surface area contributed by atoms with Crippen molar-refractivity contribution in [3.8, 4) is 0 Å². The van der Waals surface area contributed by atoms with Crippen LogP contribution in [-0.2, 0) is 6.54 Å². The molecule has 0 saturated heterocycles. The van der Waals surface area contributed by atoms with Gasteiger partial charge in [-0.15, -0.1) is 0 Å². The minimum absolute atomic E-state index is 0.0782. The molecule has 21 heavy (non-hydrogen) atoms. The lowest BCUT2D eigenvalue weighted by Crippen LogP contribution is -2.32. The predicted molar refractivity (Wildman–Crippen MR) is 78.3 cm³/mol. The molecule has 0 bridgehead atoms. The number of nitrogens with zero attached hydrogens (tertiary/aromatic N) is 2. The van der Waals surface area contributed by atoms with Gasteiger partial charge in [0, 0.05) is 18.8 Å². The molecule has 3 nitrogen and oxygen atoms in total. The van der Waals surface area contributed by atoms with E-state index in [-0.39, 0.29) is 5.91 Å². The van der Waals surface area contributed by atoms with Crippen molar-refractivity contribution in [2.75, 3.05) is 0 Å². The smallest absolute Gasteiger partial charge is 0.255 e. The Morgan fingerprint density at radius 1 is 1.24 bits per heavy atom. The Labute approximate surface area is 123 Å². The van der Waals surface area contributed by atoms with Gasteiger partial charge < -0.3 is 4.90 Å². The highest BCUT2D eigenvalue weighted by atomic mass is 19.1. The first-order valence-corrected chi connectivity index (χ1v) is 7.11. The number of benzene rings is 1. The Balaban J connectivity index is 1.79. The van der Waals surface area contributed by atoms with Crippen LogP contribution in [0.4, 0.5) is 4.39 Å². The number of aromatic nitrogens is 1. The number of amides is 1. The lowest BCUT2D eigenvalue weighted by atomic mass is 10.1. The van der Waals surface area contributed by atoms with E-state index in [0.717, 1.165) is 18.4 Å². The summed E-state index contributed by atoms with van der Waals surface area (Å²) in [5, 5.41) is 0. The van der Waals surface area contributed by atoms with Gasteiger partial charge in [0.1, 0.15) is 0 Å².